The lowest BCUT2D eigenvalue weighted by Gasteiger charge is -2.17. The standard InChI is InChI=1S/C13H9FN4/c1-18(2)13-10(8-17)3-4-12(14)11(13)5-9(6-15)7-16/h3-5H,1-2H3. The van der Waals surface area contributed by atoms with E-state index in [9.17, 15) is 4.39 Å². The van der Waals surface area contributed by atoms with E-state index in [1.54, 1.807) is 31.1 Å². The maximum atomic E-state index is 13.8. The summed E-state index contributed by atoms with van der Waals surface area (Å²) in [6.07, 6.45) is 1.14. The highest BCUT2D eigenvalue weighted by atomic mass is 19.1. The van der Waals surface area contributed by atoms with Crippen LogP contribution in [0.3, 0.4) is 0 Å². The number of nitrogens with zero attached hydrogens (tertiary/aromatic N) is 4. The minimum absolute atomic E-state index is 0.0668. The zero-order valence-corrected chi connectivity index (χ0v) is 9.90. The second-order valence-electron chi connectivity index (χ2n) is 3.65. The van der Waals surface area contributed by atoms with E-state index in [2.05, 4.69) is 0 Å². The molecule has 0 radical (unpaired) electrons. The van der Waals surface area contributed by atoms with Crippen LogP contribution in [0, 0.1) is 39.8 Å². The molecule has 18 heavy (non-hydrogen) atoms. The summed E-state index contributed by atoms with van der Waals surface area (Å²) in [6, 6.07) is 7.78. The summed E-state index contributed by atoms with van der Waals surface area (Å²) < 4.78 is 13.8. The fourth-order valence-corrected chi connectivity index (χ4v) is 1.53. The van der Waals surface area contributed by atoms with Crippen LogP contribution in [0.1, 0.15) is 11.1 Å². The van der Waals surface area contributed by atoms with Crippen LogP contribution < -0.4 is 4.90 Å². The number of nitriles is 3. The first-order valence-electron chi connectivity index (χ1n) is 4.97. The van der Waals surface area contributed by atoms with E-state index in [4.69, 9.17) is 15.8 Å². The van der Waals surface area contributed by atoms with E-state index >= 15 is 0 Å². The Morgan fingerprint density at radius 3 is 2.28 bits per heavy atom. The number of hydrogen-bond donors (Lipinski definition) is 0. The maximum absolute atomic E-state index is 13.8. The topological polar surface area (TPSA) is 74.6 Å². The van der Waals surface area contributed by atoms with Crippen molar-refractivity contribution < 1.29 is 4.39 Å². The third-order valence-electron chi connectivity index (χ3n) is 2.26. The molecular weight excluding hydrogens is 231 g/mol. The van der Waals surface area contributed by atoms with Crippen LogP contribution in [-0.4, -0.2) is 14.1 Å². The predicted molar refractivity (Wildman–Crippen MR) is 64.6 cm³/mol. The first-order valence-corrected chi connectivity index (χ1v) is 4.97. The highest BCUT2D eigenvalue weighted by molar-refractivity contribution is 5.77. The average molecular weight is 240 g/mol. The maximum Gasteiger partial charge on any atom is 0.132 e. The van der Waals surface area contributed by atoms with Crippen molar-refractivity contribution in [2.75, 3.05) is 19.0 Å². The Kier molecular flexibility index (Phi) is 4.02. The van der Waals surface area contributed by atoms with Crippen molar-refractivity contribution in [1.82, 2.24) is 0 Å². The van der Waals surface area contributed by atoms with Crippen LogP contribution in [0.15, 0.2) is 17.7 Å². The second kappa shape index (κ2) is 5.48. The van der Waals surface area contributed by atoms with Gasteiger partial charge in [-0.15, -0.1) is 0 Å². The Balaban J connectivity index is 3.64. The molecule has 0 fully saturated rings. The van der Waals surface area contributed by atoms with E-state index in [1.165, 1.54) is 6.07 Å². The van der Waals surface area contributed by atoms with Crippen LogP contribution in [0.2, 0.25) is 0 Å². The zero-order chi connectivity index (χ0) is 13.7. The molecule has 1 aromatic rings. The highest BCUT2D eigenvalue weighted by Gasteiger charge is 2.14. The molecule has 88 valence electrons. The summed E-state index contributed by atoms with van der Waals surface area (Å²) in [5.41, 5.74) is 0.479. The number of hydrogen-bond acceptors (Lipinski definition) is 4. The van der Waals surface area contributed by atoms with Crippen molar-refractivity contribution in [3.8, 4) is 18.2 Å². The lowest BCUT2D eigenvalue weighted by Crippen LogP contribution is -2.13. The summed E-state index contributed by atoms with van der Waals surface area (Å²) in [4.78, 5) is 1.57. The largest absolute Gasteiger partial charge is 0.376 e. The van der Waals surface area contributed by atoms with E-state index < -0.39 is 5.82 Å². The number of halogens is 1. The van der Waals surface area contributed by atoms with Crippen LogP contribution >= 0.6 is 0 Å². The first-order chi connectivity index (χ1) is 8.54. The van der Waals surface area contributed by atoms with Gasteiger partial charge in [0, 0.05) is 19.7 Å². The van der Waals surface area contributed by atoms with Gasteiger partial charge in [-0.1, -0.05) is 0 Å². The molecule has 0 amide bonds. The lowest BCUT2D eigenvalue weighted by molar-refractivity contribution is 0.624. The van der Waals surface area contributed by atoms with Crippen LogP contribution in [0.5, 0.6) is 0 Å². The van der Waals surface area contributed by atoms with Gasteiger partial charge in [-0.25, -0.2) is 4.39 Å². The summed E-state index contributed by atoms with van der Waals surface area (Å²) in [5, 5.41) is 26.4. The number of anilines is 1. The van der Waals surface area contributed by atoms with Gasteiger partial charge in [0.2, 0.25) is 0 Å². The van der Waals surface area contributed by atoms with Crippen molar-refractivity contribution in [3.05, 3.63) is 34.6 Å². The quantitative estimate of drug-likeness (QED) is 0.742. The zero-order valence-electron chi connectivity index (χ0n) is 9.90. The molecule has 1 aromatic carbocycles. The summed E-state index contributed by atoms with van der Waals surface area (Å²) in [7, 11) is 3.32. The summed E-state index contributed by atoms with van der Waals surface area (Å²) >= 11 is 0. The van der Waals surface area contributed by atoms with E-state index in [0.29, 0.717) is 5.69 Å². The Morgan fingerprint density at radius 2 is 1.83 bits per heavy atom. The highest BCUT2D eigenvalue weighted by Crippen LogP contribution is 2.28. The molecular formula is C13H9FN4. The Morgan fingerprint density at radius 1 is 1.22 bits per heavy atom. The molecule has 4 nitrogen and oxygen atoms in total. The number of rotatable bonds is 2. The van der Waals surface area contributed by atoms with Gasteiger partial charge in [0.15, 0.2) is 0 Å². The van der Waals surface area contributed by atoms with Crippen molar-refractivity contribution in [3.63, 3.8) is 0 Å². The minimum Gasteiger partial charge on any atom is -0.376 e. The minimum atomic E-state index is -0.583. The van der Waals surface area contributed by atoms with E-state index in [0.717, 1.165) is 12.1 Å². The van der Waals surface area contributed by atoms with Crippen molar-refractivity contribution >= 4 is 11.8 Å². The second-order valence-corrected chi connectivity index (χ2v) is 3.65. The molecule has 0 aliphatic carbocycles. The average Bonchev–Trinajstić information content (AvgIpc) is 2.36. The molecule has 0 aliphatic rings. The molecule has 1 rings (SSSR count). The predicted octanol–water partition coefficient (Wildman–Crippen LogP) is 2.19. The fourth-order valence-electron chi connectivity index (χ4n) is 1.53. The van der Waals surface area contributed by atoms with Gasteiger partial charge >= 0.3 is 0 Å². The molecule has 0 atom stereocenters. The lowest BCUT2D eigenvalue weighted by atomic mass is 10.0. The molecule has 0 aromatic heterocycles. The van der Waals surface area contributed by atoms with Crippen molar-refractivity contribution in [2.45, 2.75) is 0 Å². The third-order valence-corrected chi connectivity index (χ3v) is 2.26. The van der Waals surface area contributed by atoms with Crippen LogP contribution in [0.4, 0.5) is 10.1 Å². The van der Waals surface area contributed by atoms with Gasteiger partial charge in [-0.3, -0.25) is 0 Å². The normalized spacial score (nSPS) is 8.67. The van der Waals surface area contributed by atoms with Gasteiger partial charge in [-0.05, 0) is 18.2 Å². The number of allylic oxidation sites excluding steroid dienone is 1. The Labute approximate surface area is 104 Å². The summed E-state index contributed by atoms with van der Waals surface area (Å²) in [5.74, 6) is -0.583. The monoisotopic (exact) mass is 240 g/mol. The molecule has 0 aliphatic heterocycles. The SMILES string of the molecule is CN(C)c1c(C#N)ccc(F)c1C=C(C#N)C#N. The number of benzene rings is 1. The van der Waals surface area contributed by atoms with Crippen LogP contribution in [0.25, 0.3) is 6.08 Å². The molecule has 0 bridgehead atoms. The van der Waals surface area contributed by atoms with Crippen LogP contribution in [-0.2, 0) is 0 Å². The molecule has 0 saturated carbocycles. The van der Waals surface area contributed by atoms with Gasteiger partial charge in [0.1, 0.15) is 29.6 Å². The first kappa shape index (κ1) is 13.2. The molecule has 0 spiro atoms. The molecule has 0 heterocycles. The van der Waals surface area contributed by atoms with Gasteiger partial charge in [-0.2, -0.15) is 15.8 Å². The summed E-state index contributed by atoms with van der Waals surface area (Å²) in [6.45, 7) is 0. The van der Waals surface area contributed by atoms with Crippen molar-refractivity contribution in [2.24, 2.45) is 0 Å². The van der Waals surface area contributed by atoms with E-state index in [1.807, 2.05) is 6.07 Å². The smallest absolute Gasteiger partial charge is 0.132 e. The molecule has 0 unspecified atom stereocenters. The fraction of sp³-hybridized carbons (Fsp3) is 0.154. The molecule has 5 heteroatoms. The Hall–Kier alpha value is -2.84. The third kappa shape index (κ3) is 2.45. The van der Waals surface area contributed by atoms with Gasteiger partial charge in [0.25, 0.3) is 0 Å². The van der Waals surface area contributed by atoms with Gasteiger partial charge in [0.05, 0.1) is 11.3 Å². The van der Waals surface area contributed by atoms with Crippen molar-refractivity contribution in [1.29, 1.82) is 15.8 Å². The van der Waals surface area contributed by atoms with Gasteiger partial charge < -0.3 is 4.90 Å². The molecule has 0 saturated heterocycles. The Bertz CT molecular complexity index is 608. The van der Waals surface area contributed by atoms with E-state index in [-0.39, 0.29) is 16.7 Å². The molecule has 0 N–H and O–H groups in total.